The summed E-state index contributed by atoms with van der Waals surface area (Å²) < 4.78 is 0. The number of hydrogen-bond acceptors (Lipinski definition) is 4. The van der Waals surface area contributed by atoms with E-state index in [1.807, 2.05) is 91.0 Å². The molecule has 0 fully saturated rings. The van der Waals surface area contributed by atoms with E-state index >= 15 is 0 Å². The zero-order valence-corrected chi connectivity index (χ0v) is 17.2. The molecule has 31 heavy (non-hydrogen) atoms. The average Bonchev–Trinajstić information content (AvgIpc) is 3.22. The first kappa shape index (κ1) is 20.3. The summed E-state index contributed by atoms with van der Waals surface area (Å²) >= 11 is 0.953. The molecule has 6 heteroatoms. The first-order chi connectivity index (χ1) is 15.1. The first-order valence-corrected chi connectivity index (χ1v) is 10.4. The van der Waals surface area contributed by atoms with Crippen molar-refractivity contribution in [2.24, 2.45) is 5.10 Å². The zero-order valence-electron chi connectivity index (χ0n) is 16.4. The highest BCUT2D eigenvalue weighted by Gasteiger charge is 2.27. The molecule has 0 unspecified atom stereocenters. The van der Waals surface area contributed by atoms with Crippen molar-refractivity contribution < 1.29 is 14.7 Å². The van der Waals surface area contributed by atoms with E-state index in [0.29, 0.717) is 16.0 Å². The lowest BCUT2D eigenvalue weighted by Crippen LogP contribution is -2.17. The molecule has 1 amide bonds. The fraction of sp³-hybridized carbons (Fsp3) is 0. The lowest BCUT2D eigenvalue weighted by molar-refractivity contribution is 0.0702. The first-order valence-electron chi connectivity index (χ1n) is 9.54. The van der Waals surface area contributed by atoms with Crippen LogP contribution in [0.4, 0.5) is 0 Å². The van der Waals surface area contributed by atoms with Crippen LogP contribution in [-0.2, 0) is 0 Å². The van der Waals surface area contributed by atoms with Crippen molar-refractivity contribution in [3.8, 4) is 22.3 Å². The van der Waals surface area contributed by atoms with Crippen molar-refractivity contribution in [1.82, 2.24) is 5.43 Å². The number of nitrogens with zero attached hydrogens (tertiary/aromatic N) is 1. The largest absolute Gasteiger partial charge is 0.477 e. The minimum Gasteiger partial charge on any atom is -0.477 e. The third kappa shape index (κ3) is 4.44. The van der Waals surface area contributed by atoms with E-state index in [0.717, 1.165) is 28.0 Å². The van der Waals surface area contributed by atoms with Gasteiger partial charge in [-0.3, -0.25) is 4.79 Å². The number of hydrogen-bond donors (Lipinski definition) is 2. The maximum atomic E-state index is 13.0. The van der Waals surface area contributed by atoms with Crippen molar-refractivity contribution in [2.45, 2.75) is 0 Å². The molecular formula is C25H18N2O3S. The van der Waals surface area contributed by atoms with Crippen LogP contribution in [0.1, 0.15) is 24.9 Å². The molecule has 1 aromatic heterocycles. The molecule has 0 saturated carbocycles. The van der Waals surface area contributed by atoms with E-state index in [2.05, 4.69) is 10.5 Å². The van der Waals surface area contributed by atoms with Gasteiger partial charge in [0.05, 0.1) is 6.21 Å². The van der Waals surface area contributed by atoms with Gasteiger partial charge in [-0.05, 0) is 16.7 Å². The maximum Gasteiger partial charge on any atom is 0.346 e. The Morgan fingerprint density at radius 1 is 0.742 bits per heavy atom. The molecule has 5 nitrogen and oxygen atoms in total. The Morgan fingerprint density at radius 3 is 1.74 bits per heavy atom. The number of aromatic carboxylic acids is 1. The number of hydrazone groups is 1. The third-order valence-corrected chi connectivity index (χ3v) is 5.79. The molecule has 0 atom stereocenters. The van der Waals surface area contributed by atoms with Crippen molar-refractivity contribution in [3.63, 3.8) is 0 Å². The van der Waals surface area contributed by atoms with Gasteiger partial charge in [0, 0.05) is 11.1 Å². The van der Waals surface area contributed by atoms with Crippen LogP contribution >= 0.6 is 11.3 Å². The quantitative estimate of drug-likeness (QED) is 0.314. The highest BCUT2D eigenvalue weighted by molar-refractivity contribution is 7.17. The van der Waals surface area contributed by atoms with E-state index in [-0.39, 0.29) is 4.88 Å². The Balaban J connectivity index is 1.81. The molecule has 0 aliphatic heterocycles. The van der Waals surface area contributed by atoms with Crippen molar-refractivity contribution in [1.29, 1.82) is 0 Å². The number of carbonyl (C=O) groups excluding carboxylic acids is 1. The van der Waals surface area contributed by atoms with Crippen LogP contribution in [0.5, 0.6) is 0 Å². The lowest BCUT2D eigenvalue weighted by atomic mass is 9.94. The second-order valence-corrected chi connectivity index (χ2v) is 7.68. The summed E-state index contributed by atoms with van der Waals surface area (Å²) in [5.41, 5.74) is 6.00. The summed E-state index contributed by atoms with van der Waals surface area (Å²) in [5.74, 6) is -1.53. The van der Waals surface area contributed by atoms with Gasteiger partial charge in [0.2, 0.25) is 0 Å². The monoisotopic (exact) mass is 426 g/mol. The molecule has 4 rings (SSSR count). The van der Waals surface area contributed by atoms with Crippen LogP contribution in [0.25, 0.3) is 22.3 Å². The second-order valence-electron chi connectivity index (χ2n) is 6.66. The standard InChI is InChI=1S/C25H18N2O3S/c28-24(27-26-16-17-10-4-1-5-11-17)22-20(18-12-6-2-7-13-18)21(23(31-22)25(29)30)19-14-8-3-9-15-19/h1-16H,(H,27,28)(H,29,30)/b26-16+. The summed E-state index contributed by atoms with van der Waals surface area (Å²) in [6.45, 7) is 0. The minimum absolute atomic E-state index is 0.113. The molecule has 0 bridgehead atoms. The topological polar surface area (TPSA) is 78.8 Å². The number of carboxylic acid groups (broad SMARTS) is 1. The fourth-order valence-electron chi connectivity index (χ4n) is 3.26. The van der Waals surface area contributed by atoms with E-state index in [9.17, 15) is 14.7 Å². The Kier molecular flexibility index (Phi) is 6.01. The molecule has 4 aromatic rings. The van der Waals surface area contributed by atoms with Crippen LogP contribution in [0.3, 0.4) is 0 Å². The molecule has 0 radical (unpaired) electrons. The van der Waals surface area contributed by atoms with Crippen molar-refractivity contribution >= 4 is 29.4 Å². The third-order valence-electron chi connectivity index (χ3n) is 4.61. The normalized spacial score (nSPS) is 10.8. The van der Waals surface area contributed by atoms with E-state index in [1.165, 1.54) is 0 Å². The summed E-state index contributed by atoms with van der Waals surface area (Å²) in [7, 11) is 0. The summed E-state index contributed by atoms with van der Waals surface area (Å²) in [5, 5.41) is 13.9. The fourth-order valence-corrected chi connectivity index (χ4v) is 4.33. The van der Waals surface area contributed by atoms with Gasteiger partial charge in [-0.25, -0.2) is 10.2 Å². The molecule has 2 N–H and O–H groups in total. The number of carboxylic acids is 1. The number of thiophene rings is 1. The van der Waals surface area contributed by atoms with Crippen LogP contribution in [0.2, 0.25) is 0 Å². The Morgan fingerprint density at radius 2 is 1.23 bits per heavy atom. The number of nitrogens with one attached hydrogen (secondary N) is 1. The molecular weight excluding hydrogens is 408 g/mol. The molecule has 0 spiro atoms. The van der Waals surface area contributed by atoms with Gasteiger partial charge in [-0.1, -0.05) is 91.0 Å². The highest BCUT2D eigenvalue weighted by Crippen LogP contribution is 2.43. The van der Waals surface area contributed by atoms with Gasteiger partial charge in [-0.15, -0.1) is 11.3 Å². The van der Waals surface area contributed by atoms with Crippen molar-refractivity contribution in [3.05, 3.63) is 106 Å². The van der Waals surface area contributed by atoms with Crippen LogP contribution in [-0.4, -0.2) is 23.2 Å². The van der Waals surface area contributed by atoms with E-state index in [4.69, 9.17) is 0 Å². The molecule has 0 aliphatic rings. The average molecular weight is 426 g/mol. The van der Waals surface area contributed by atoms with E-state index < -0.39 is 11.9 Å². The predicted molar refractivity (Wildman–Crippen MR) is 124 cm³/mol. The zero-order chi connectivity index (χ0) is 21.6. The summed E-state index contributed by atoms with van der Waals surface area (Å²) in [4.78, 5) is 25.5. The van der Waals surface area contributed by atoms with Crippen LogP contribution in [0, 0.1) is 0 Å². The van der Waals surface area contributed by atoms with Gasteiger partial charge in [-0.2, -0.15) is 5.10 Å². The summed E-state index contributed by atoms with van der Waals surface area (Å²) in [6, 6.07) is 27.9. The number of amides is 1. The Labute approximate surface area is 183 Å². The highest BCUT2D eigenvalue weighted by atomic mass is 32.1. The second kappa shape index (κ2) is 9.19. The minimum atomic E-state index is -1.08. The van der Waals surface area contributed by atoms with Crippen LogP contribution < -0.4 is 5.43 Å². The predicted octanol–water partition coefficient (Wildman–Crippen LogP) is 5.54. The molecule has 0 aliphatic carbocycles. The lowest BCUT2D eigenvalue weighted by Gasteiger charge is -2.09. The van der Waals surface area contributed by atoms with Crippen molar-refractivity contribution in [2.75, 3.05) is 0 Å². The molecule has 152 valence electrons. The number of rotatable bonds is 6. The smallest absolute Gasteiger partial charge is 0.346 e. The maximum absolute atomic E-state index is 13.0. The number of benzene rings is 3. The Hall–Kier alpha value is -4.03. The van der Waals surface area contributed by atoms with Gasteiger partial charge >= 0.3 is 5.97 Å². The van der Waals surface area contributed by atoms with Crippen LogP contribution in [0.15, 0.2) is 96.1 Å². The number of carbonyl (C=O) groups is 2. The van der Waals surface area contributed by atoms with Gasteiger partial charge in [0.25, 0.3) is 5.91 Å². The van der Waals surface area contributed by atoms with E-state index in [1.54, 1.807) is 6.21 Å². The van der Waals surface area contributed by atoms with Gasteiger partial charge in [0.1, 0.15) is 9.75 Å². The molecule has 3 aromatic carbocycles. The molecule has 0 saturated heterocycles. The van der Waals surface area contributed by atoms with Gasteiger partial charge < -0.3 is 5.11 Å². The summed E-state index contributed by atoms with van der Waals surface area (Å²) in [6.07, 6.45) is 1.55. The Bertz CT molecular complexity index is 1230. The molecule has 1 heterocycles. The SMILES string of the molecule is O=C(O)c1sc(C(=O)N/N=C/c2ccccc2)c(-c2ccccc2)c1-c1ccccc1. The van der Waals surface area contributed by atoms with Gasteiger partial charge in [0.15, 0.2) is 0 Å².